The number of aromatic hydroxyl groups is 4. The number of nitrogens with zero attached hydrogens (tertiary/aromatic N) is 4. The van der Waals surface area contributed by atoms with Crippen LogP contribution in [0, 0.1) is 0 Å². The van der Waals surface area contributed by atoms with Crippen LogP contribution in [0.3, 0.4) is 0 Å². The van der Waals surface area contributed by atoms with Crippen molar-refractivity contribution >= 4 is 11.4 Å². The highest BCUT2D eigenvalue weighted by Gasteiger charge is 2.35. The van der Waals surface area contributed by atoms with E-state index in [0.29, 0.717) is 11.1 Å². The predicted octanol–water partition coefficient (Wildman–Crippen LogP) is 6.74. The number of nitrogens with one attached hydrogen (secondary N) is 2. The molecule has 12 nitrogen and oxygen atoms in total. The molecule has 0 unspecified atom stereocenters. The van der Waals surface area contributed by atoms with Gasteiger partial charge in [0.2, 0.25) is 17.4 Å². The van der Waals surface area contributed by atoms with Gasteiger partial charge in [0.25, 0.3) is 0 Å². The van der Waals surface area contributed by atoms with Gasteiger partial charge in [-0.3, -0.25) is 9.97 Å². The summed E-state index contributed by atoms with van der Waals surface area (Å²) in [5, 5.41) is 56.0. The van der Waals surface area contributed by atoms with Gasteiger partial charge in [-0.25, -0.2) is 0 Å². The molecule has 2 heterocycles. The van der Waals surface area contributed by atoms with Crippen LogP contribution in [0.4, 0.5) is 11.4 Å². The number of aromatic amines is 2. The summed E-state index contributed by atoms with van der Waals surface area (Å²) in [6.45, 7) is 0. The fourth-order valence-electron chi connectivity index (χ4n) is 4.60. The van der Waals surface area contributed by atoms with Crippen LogP contribution in [0.2, 0.25) is 0 Å². The van der Waals surface area contributed by atoms with E-state index in [2.05, 4.69) is 30.4 Å². The number of H-pyrrole nitrogens is 2. The Balaban J connectivity index is 0.000000232. The Morgan fingerprint density at radius 1 is 0.457 bits per heavy atom. The normalized spacial score (nSPS) is 11.9. The van der Waals surface area contributed by atoms with Crippen molar-refractivity contribution in [2.24, 2.45) is 31.9 Å². The van der Waals surface area contributed by atoms with Gasteiger partial charge in [0.05, 0.1) is 0 Å². The van der Waals surface area contributed by atoms with Crippen LogP contribution in [0.5, 0.6) is 23.5 Å². The third-order valence-electron chi connectivity index (χ3n) is 6.99. The monoisotopic (exact) mass is 616 g/mol. The minimum atomic E-state index is -1.50. The van der Waals surface area contributed by atoms with Crippen molar-refractivity contribution in [1.29, 1.82) is 0 Å². The van der Waals surface area contributed by atoms with Gasteiger partial charge in [0, 0.05) is 23.3 Å². The smallest absolute Gasteiger partial charge is 0.241 e. The van der Waals surface area contributed by atoms with E-state index in [1.54, 1.807) is 48.5 Å². The first-order valence-electron chi connectivity index (χ1n) is 14.1. The average molecular weight is 617 g/mol. The molecule has 6 rings (SSSR count). The Morgan fingerprint density at radius 3 is 1.04 bits per heavy atom. The number of benzene rings is 4. The number of azo groups is 2. The number of hydrogen-bond donors (Lipinski definition) is 8. The Kier molecular flexibility index (Phi) is 9.22. The molecule has 0 saturated heterocycles. The molecule has 0 aliphatic rings. The van der Waals surface area contributed by atoms with Crippen molar-refractivity contribution < 1.29 is 20.4 Å². The van der Waals surface area contributed by atoms with Crippen LogP contribution in [-0.4, -0.2) is 30.4 Å². The zero-order valence-electron chi connectivity index (χ0n) is 24.4. The minimum Gasteiger partial charge on any atom is -0.494 e. The Hall–Kier alpha value is -6.24. The second-order valence-corrected chi connectivity index (χ2v) is 10.2. The van der Waals surface area contributed by atoms with Crippen molar-refractivity contribution in [3.05, 3.63) is 156 Å². The topological polar surface area (TPSA) is 214 Å². The molecule has 0 atom stereocenters. The van der Waals surface area contributed by atoms with Gasteiger partial charge >= 0.3 is 0 Å². The summed E-state index contributed by atoms with van der Waals surface area (Å²) in [6, 6.07) is 39.8. The van der Waals surface area contributed by atoms with E-state index in [-0.39, 0.29) is 34.9 Å². The van der Waals surface area contributed by atoms with Crippen molar-refractivity contribution in [2.45, 2.75) is 11.3 Å². The molecular formula is C34H32N8O4. The van der Waals surface area contributed by atoms with E-state index in [9.17, 15) is 20.4 Å². The summed E-state index contributed by atoms with van der Waals surface area (Å²) in [5.41, 5.74) is 12.9. The molecule has 46 heavy (non-hydrogen) atoms. The quantitative estimate of drug-likeness (QED) is 0.0684. The van der Waals surface area contributed by atoms with E-state index in [0.717, 1.165) is 11.1 Å². The first-order chi connectivity index (χ1) is 22.2. The molecule has 4 aromatic carbocycles. The minimum absolute atomic E-state index is 0.00562. The van der Waals surface area contributed by atoms with Crippen molar-refractivity contribution in [3.63, 3.8) is 0 Å². The second kappa shape index (κ2) is 13.6. The molecule has 0 fully saturated rings. The van der Waals surface area contributed by atoms with Crippen LogP contribution >= 0.6 is 0 Å². The number of nitrogens with two attached hydrogens (primary N) is 2. The van der Waals surface area contributed by atoms with Crippen molar-refractivity contribution in [2.75, 3.05) is 0 Å². The van der Waals surface area contributed by atoms with Crippen LogP contribution in [0.25, 0.3) is 0 Å². The fraction of sp³-hybridized carbons (Fsp3) is 0.0588. The predicted molar refractivity (Wildman–Crippen MR) is 173 cm³/mol. The van der Waals surface area contributed by atoms with E-state index >= 15 is 0 Å². The van der Waals surface area contributed by atoms with Crippen LogP contribution in [0.1, 0.15) is 22.3 Å². The third kappa shape index (κ3) is 6.94. The number of aromatic nitrogens is 2. The molecule has 0 aliphatic carbocycles. The molecule has 10 N–H and O–H groups in total. The molecule has 232 valence electrons. The number of hydrogen-bond acceptors (Lipinski definition) is 10. The van der Waals surface area contributed by atoms with Gasteiger partial charge in [-0.1, -0.05) is 121 Å². The lowest BCUT2D eigenvalue weighted by atomic mass is 9.93. The Morgan fingerprint density at radius 2 is 0.761 bits per heavy atom. The van der Waals surface area contributed by atoms with E-state index in [4.69, 9.17) is 11.5 Å². The first kappa shape index (κ1) is 31.2. The summed E-state index contributed by atoms with van der Waals surface area (Å²) in [7, 11) is 0. The maximum Gasteiger partial charge on any atom is 0.241 e. The average Bonchev–Trinajstić information content (AvgIpc) is 3.60. The van der Waals surface area contributed by atoms with Crippen LogP contribution in [0.15, 0.2) is 154 Å². The van der Waals surface area contributed by atoms with Crippen molar-refractivity contribution in [3.8, 4) is 23.5 Å². The Bertz CT molecular complexity index is 1770. The van der Waals surface area contributed by atoms with E-state index in [1.165, 1.54) is 12.1 Å². The largest absolute Gasteiger partial charge is 0.494 e. The standard InChI is InChI=1S/C21H18N6O4.C13H14N2/c28-17-11-15(19(30)22-17)24-26-21(13-7-3-1-4-8-13,14-9-5-2-6-10-14)27-25-16-12-18(29)23-20(16)31;14-13(15,11-7-3-1-4-8-11)12-9-5-2-6-10-12/h1-12,22-23,28-31H;1-10H,14-15H2. The zero-order valence-corrected chi connectivity index (χ0v) is 24.4. The molecule has 0 saturated carbocycles. The lowest BCUT2D eigenvalue weighted by Gasteiger charge is -2.25. The van der Waals surface area contributed by atoms with Gasteiger partial charge in [-0.2, -0.15) is 0 Å². The molecule has 2 aromatic heterocycles. The molecule has 6 aromatic rings. The molecular weight excluding hydrogens is 584 g/mol. The fourth-order valence-corrected chi connectivity index (χ4v) is 4.60. The number of rotatable bonds is 8. The molecule has 0 amide bonds. The summed E-state index contributed by atoms with van der Waals surface area (Å²) < 4.78 is 0. The second-order valence-electron chi connectivity index (χ2n) is 10.2. The van der Waals surface area contributed by atoms with Gasteiger partial charge in [-0.15, -0.1) is 20.5 Å². The summed E-state index contributed by atoms with van der Waals surface area (Å²) in [4.78, 5) is 4.66. The summed E-state index contributed by atoms with van der Waals surface area (Å²) >= 11 is 0. The molecule has 0 aliphatic heterocycles. The SMILES string of the molecule is NC(N)(c1ccccc1)c1ccccc1.Oc1cc(N=NC(N=Nc2cc(O)[nH]c2O)(c2ccccc2)c2ccccc2)c(O)[nH]1. The Labute approximate surface area is 264 Å². The maximum atomic E-state index is 9.93. The highest BCUT2D eigenvalue weighted by Crippen LogP contribution is 2.41. The van der Waals surface area contributed by atoms with E-state index < -0.39 is 11.3 Å². The molecule has 0 spiro atoms. The van der Waals surface area contributed by atoms with Crippen LogP contribution < -0.4 is 11.5 Å². The molecule has 12 heteroatoms. The maximum absolute atomic E-state index is 9.93. The van der Waals surface area contributed by atoms with Crippen LogP contribution in [-0.2, 0) is 11.3 Å². The van der Waals surface area contributed by atoms with Crippen molar-refractivity contribution in [1.82, 2.24) is 9.97 Å². The summed E-state index contributed by atoms with van der Waals surface area (Å²) in [5.74, 6) is -1.26. The molecule has 0 radical (unpaired) electrons. The first-order valence-corrected chi connectivity index (χ1v) is 14.1. The third-order valence-corrected chi connectivity index (χ3v) is 6.99. The van der Waals surface area contributed by atoms with Gasteiger partial charge in [0.1, 0.15) is 5.66 Å². The summed E-state index contributed by atoms with van der Waals surface area (Å²) in [6.07, 6.45) is 0. The van der Waals surface area contributed by atoms with Gasteiger partial charge in [0.15, 0.2) is 23.1 Å². The lowest BCUT2D eigenvalue weighted by Crippen LogP contribution is -2.46. The highest BCUT2D eigenvalue weighted by molar-refractivity contribution is 5.52. The molecule has 0 bridgehead atoms. The highest BCUT2D eigenvalue weighted by atomic mass is 16.3. The zero-order chi connectivity index (χ0) is 32.6. The van der Waals surface area contributed by atoms with Gasteiger partial charge < -0.3 is 31.9 Å². The van der Waals surface area contributed by atoms with E-state index in [1.807, 2.05) is 72.8 Å². The lowest BCUT2D eigenvalue weighted by molar-refractivity contribution is 0.424. The van der Waals surface area contributed by atoms with Gasteiger partial charge in [-0.05, 0) is 11.1 Å².